The molecule has 3 rings (SSSR count). The standard InChI is InChI=1S/C14H13Br2NS/c15-10-8-11(18-13(10)16)12(17)14(6-7-14)9-4-2-1-3-5-9/h1-5,8,12H,6-7,17H2. The van der Waals surface area contributed by atoms with Crippen LogP contribution < -0.4 is 5.73 Å². The number of thiophene rings is 1. The normalized spacial score (nSPS) is 18.6. The highest BCUT2D eigenvalue weighted by molar-refractivity contribution is 9.13. The fourth-order valence-corrected chi connectivity index (χ4v) is 4.68. The van der Waals surface area contributed by atoms with Crippen LogP contribution >= 0.6 is 43.2 Å². The number of hydrogen-bond donors (Lipinski definition) is 1. The molecule has 2 aromatic rings. The number of hydrogen-bond acceptors (Lipinski definition) is 2. The lowest BCUT2D eigenvalue weighted by atomic mass is 9.88. The summed E-state index contributed by atoms with van der Waals surface area (Å²) in [4.78, 5) is 1.25. The third-order valence-corrected chi connectivity index (χ3v) is 7.04. The van der Waals surface area contributed by atoms with Gasteiger partial charge in [0, 0.05) is 20.8 Å². The van der Waals surface area contributed by atoms with Gasteiger partial charge >= 0.3 is 0 Å². The Balaban J connectivity index is 1.95. The van der Waals surface area contributed by atoms with Gasteiger partial charge < -0.3 is 5.73 Å². The predicted octanol–water partition coefficient (Wildman–Crippen LogP) is 5.00. The summed E-state index contributed by atoms with van der Waals surface area (Å²) in [5.74, 6) is 0. The van der Waals surface area contributed by atoms with Crippen molar-refractivity contribution in [2.24, 2.45) is 5.73 Å². The maximum Gasteiger partial charge on any atom is 0.0843 e. The second kappa shape index (κ2) is 4.75. The van der Waals surface area contributed by atoms with Crippen molar-refractivity contribution in [1.29, 1.82) is 0 Å². The van der Waals surface area contributed by atoms with E-state index in [2.05, 4.69) is 68.3 Å². The molecule has 1 aromatic heterocycles. The molecule has 94 valence electrons. The van der Waals surface area contributed by atoms with Crippen LogP contribution in [0, 0.1) is 0 Å². The van der Waals surface area contributed by atoms with E-state index in [4.69, 9.17) is 5.73 Å². The van der Waals surface area contributed by atoms with Gasteiger partial charge in [-0.05, 0) is 56.3 Å². The largest absolute Gasteiger partial charge is 0.323 e. The van der Waals surface area contributed by atoms with E-state index in [0.717, 1.165) is 8.26 Å². The van der Waals surface area contributed by atoms with Crippen molar-refractivity contribution in [3.8, 4) is 0 Å². The molecule has 18 heavy (non-hydrogen) atoms. The van der Waals surface area contributed by atoms with Gasteiger partial charge in [0.25, 0.3) is 0 Å². The van der Waals surface area contributed by atoms with Gasteiger partial charge in [0.2, 0.25) is 0 Å². The van der Waals surface area contributed by atoms with E-state index in [-0.39, 0.29) is 11.5 Å². The molecule has 1 aliphatic carbocycles. The van der Waals surface area contributed by atoms with Crippen molar-refractivity contribution in [2.75, 3.05) is 0 Å². The van der Waals surface area contributed by atoms with E-state index in [1.165, 1.54) is 23.3 Å². The van der Waals surface area contributed by atoms with Gasteiger partial charge in [-0.25, -0.2) is 0 Å². The molecule has 1 aromatic carbocycles. The molecule has 1 atom stereocenters. The lowest BCUT2D eigenvalue weighted by molar-refractivity contribution is 0.549. The van der Waals surface area contributed by atoms with Gasteiger partial charge in [-0.15, -0.1) is 11.3 Å². The molecule has 1 saturated carbocycles. The second-order valence-electron chi connectivity index (χ2n) is 4.77. The zero-order chi connectivity index (χ0) is 12.8. The Bertz CT molecular complexity index is 541. The first-order valence-corrected chi connectivity index (χ1v) is 8.29. The summed E-state index contributed by atoms with van der Waals surface area (Å²) in [5, 5.41) is 0. The van der Waals surface area contributed by atoms with Crippen molar-refractivity contribution >= 4 is 43.2 Å². The number of halogens is 2. The lowest BCUT2D eigenvalue weighted by Gasteiger charge is -2.22. The van der Waals surface area contributed by atoms with E-state index in [1.54, 1.807) is 11.3 Å². The van der Waals surface area contributed by atoms with E-state index in [9.17, 15) is 0 Å². The third-order valence-electron chi connectivity index (χ3n) is 3.70. The molecule has 0 saturated heterocycles. The molecule has 0 radical (unpaired) electrons. The topological polar surface area (TPSA) is 26.0 Å². The highest BCUT2D eigenvalue weighted by Gasteiger charge is 2.50. The quantitative estimate of drug-likeness (QED) is 0.788. The van der Waals surface area contributed by atoms with Crippen molar-refractivity contribution in [2.45, 2.75) is 24.3 Å². The minimum Gasteiger partial charge on any atom is -0.323 e. The smallest absolute Gasteiger partial charge is 0.0843 e. The average Bonchev–Trinajstić information content (AvgIpc) is 3.13. The van der Waals surface area contributed by atoms with Crippen LogP contribution in [-0.4, -0.2) is 0 Å². The molecule has 0 spiro atoms. The zero-order valence-corrected chi connectivity index (χ0v) is 13.7. The first-order valence-electron chi connectivity index (χ1n) is 5.89. The van der Waals surface area contributed by atoms with Crippen molar-refractivity contribution < 1.29 is 0 Å². The van der Waals surface area contributed by atoms with E-state index >= 15 is 0 Å². The average molecular weight is 387 g/mol. The summed E-state index contributed by atoms with van der Waals surface area (Å²) in [5.41, 5.74) is 8.05. The van der Waals surface area contributed by atoms with Gasteiger partial charge in [0.05, 0.1) is 3.79 Å². The number of benzene rings is 1. The molecule has 1 unspecified atom stereocenters. The van der Waals surface area contributed by atoms with Gasteiger partial charge in [0.15, 0.2) is 0 Å². The Labute approximate surface area is 128 Å². The molecule has 2 N–H and O–H groups in total. The molecule has 1 nitrogen and oxygen atoms in total. The molecule has 4 heteroatoms. The summed E-state index contributed by atoms with van der Waals surface area (Å²) >= 11 is 8.81. The Morgan fingerprint density at radius 1 is 1.17 bits per heavy atom. The third kappa shape index (κ3) is 2.09. The maximum atomic E-state index is 6.52. The first kappa shape index (κ1) is 12.9. The molecule has 1 fully saturated rings. The lowest BCUT2D eigenvalue weighted by Crippen LogP contribution is -2.25. The number of rotatable bonds is 3. The Hall–Kier alpha value is -0.160. The molecule has 1 heterocycles. The van der Waals surface area contributed by atoms with E-state index < -0.39 is 0 Å². The van der Waals surface area contributed by atoms with E-state index in [1.807, 2.05) is 0 Å². The minimum absolute atomic E-state index is 0.0903. The van der Waals surface area contributed by atoms with Crippen LogP contribution in [0.2, 0.25) is 0 Å². The molecule has 1 aliphatic rings. The number of nitrogens with two attached hydrogens (primary N) is 1. The van der Waals surface area contributed by atoms with Crippen LogP contribution in [0.1, 0.15) is 29.3 Å². The SMILES string of the molecule is NC(c1cc(Br)c(Br)s1)C1(c2ccccc2)CC1. The van der Waals surface area contributed by atoms with Crippen LogP contribution in [-0.2, 0) is 5.41 Å². The van der Waals surface area contributed by atoms with Gasteiger partial charge in [0.1, 0.15) is 0 Å². The van der Waals surface area contributed by atoms with Gasteiger partial charge in [-0.1, -0.05) is 30.3 Å². The molecular formula is C14H13Br2NS. The Morgan fingerprint density at radius 3 is 2.33 bits per heavy atom. The molecule has 0 amide bonds. The maximum absolute atomic E-state index is 6.52. The van der Waals surface area contributed by atoms with Crippen LogP contribution in [0.25, 0.3) is 0 Å². The van der Waals surface area contributed by atoms with E-state index in [0.29, 0.717) is 0 Å². The zero-order valence-electron chi connectivity index (χ0n) is 9.70. The summed E-state index contributed by atoms with van der Waals surface area (Å²) in [6.45, 7) is 0. The molecular weight excluding hydrogens is 374 g/mol. The summed E-state index contributed by atoms with van der Waals surface area (Å²) in [6, 6.07) is 12.9. The van der Waals surface area contributed by atoms with Crippen molar-refractivity contribution in [3.05, 3.63) is 55.1 Å². The minimum atomic E-state index is 0.0903. The molecule has 0 bridgehead atoms. The monoisotopic (exact) mass is 385 g/mol. The Kier molecular flexibility index (Phi) is 3.39. The fourth-order valence-electron chi connectivity index (χ4n) is 2.47. The second-order valence-corrected chi connectivity index (χ2v) is 8.03. The van der Waals surface area contributed by atoms with Crippen molar-refractivity contribution in [3.63, 3.8) is 0 Å². The van der Waals surface area contributed by atoms with Crippen LogP contribution in [0.15, 0.2) is 44.7 Å². The molecule has 0 aliphatic heterocycles. The predicted molar refractivity (Wildman–Crippen MR) is 84.0 cm³/mol. The van der Waals surface area contributed by atoms with Gasteiger partial charge in [-0.3, -0.25) is 0 Å². The first-order chi connectivity index (χ1) is 8.63. The fraction of sp³-hybridized carbons (Fsp3) is 0.286. The van der Waals surface area contributed by atoms with Crippen molar-refractivity contribution in [1.82, 2.24) is 0 Å². The van der Waals surface area contributed by atoms with Crippen LogP contribution in [0.5, 0.6) is 0 Å². The highest BCUT2D eigenvalue weighted by atomic mass is 79.9. The summed E-state index contributed by atoms with van der Waals surface area (Å²) in [6.07, 6.45) is 2.37. The Morgan fingerprint density at radius 2 is 1.83 bits per heavy atom. The highest BCUT2D eigenvalue weighted by Crippen LogP contribution is 2.56. The summed E-state index contributed by atoms with van der Waals surface area (Å²) < 4.78 is 2.22. The van der Waals surface area contributed by atoms with Gasteiger partial charge in [-0.2, -0.15) is 0 Å². The van der Waals surface area contributed by atoms with Crippen LogP contribution in [0.4, 0.5) is 0 Å². The van der Waals surface area contributed by atoms with Crippen LogP contribution in [0.3, 0.4) is 0 Å². The summed E-state index contributed by atoms with van der Waals surface area (Å²) in [7, 11) is 0.